The van der Waals surface area contributed by atoms with Crippen molar-refractivity contribution in [1.29, 1.82) is 0 Å². The van der Waals surface area contributed by atoms with Crippen LogP contribution >= 0.6 is 0 Å². The van der Waals surface area contributed by atoms with Gasteiger partial charge in [0.05, 0.1) is 12.3 Å². The molecule has 1 heterocycles. The lowest BCUT2D eigenvalue weighted by Gasteiger charge is -2.25. The molecule has 6 heteroatoms. The second kappa shape index (κ2) is 5.66. The maximum atomic E-state index is 12.6. The highest BCUT2D eigenvalue weighted by atomic mass is 16.4. The van der Waals surface area contributed by atoms with Gasteiger partial charge in [-0.2, -0.15) is 0 Å². The van der Waals surface area contributed by atoms with Gasteiger partial charge in [-0.05, 0) is 31.6 Å². The van der Waals surface area contributed by atoms with E-state index in [2.05, 4.69) is 0 Å². The van der Waals surface area contributed by atoms with E-state index in [1.807, 2.05) is 4.90 Å². The molecule has 3 aliphatic rings. The first-order valence-corrected chi connectivity index (χ1v) is 7.84. The smallest absolute Gasteiger partial charge is 0.305 e. The van der Waals surface area contributed by atoms with Gasteiger partial charge in [-0.15, -0.1) is 0 Å². The van der Waals surface area contributed by atoms with Gasteiger partial charge < -0.3 is 14.9 Å². The highest BCUT2D eigenvalue weighted by molar-refractivity contribution is 5.89. The molecule has 0 bridgehead atoms. The normalized spacial score (nSPS) is 25.2. The van der Waals surface area contributed by atoms with Crippen molar-refractivity contribution in [3.05, 3.63) is 0 Å². The van der Waals surface area contributed by atoms with Crippen molar-refractivity contribution in [2.75, 3.05) is 19.6 Å². The number of nitrogens with zero attached hydrogens (tertiary/aromatic N) is 2. The summed E-state index contributed by atoms with van der Waals surface area (Å²) in [7, 11) is 0. The Morgan fingerprint density at radius 3 is 2.52 bits per heavy atom. The Bertz CT molecular complexity index is 457. The van der Waals surface area contributed by atoms with Gasteiger partial charge in [0.25, 0.3) is 0 Å². The Kier molecular flexibility index (Phi) is 3.87. The molecule has 0 aromatic carbocycles. The summed E-state index contributed by atoms with van der Waals surface area (Å²) in [5.41, 5.74) is 0. The molecule has 1 saturated heterocycles. The van der Waals surface area contributed by atoms with Gasteiger partial charge in [0.15, 0.2) is 0 Å². The quantitative estimate of drug-likeness (QED) is 0.750. The molecular weight excluding hydrogens is 272 g/mol. The van der Waals surface area contributed by atoms with Crippen LogP contribution in [0.1, 0.15) is 38.5 Å². The highest BCUT2D eigenvalue weighted by Gasteiger charge is 2.42. The van der Waals surface area contributed by atoms with Crippen molar-refractivity contribution in [3.63, 3.8) is 0 Å². The lowest BCUT2D eigenvalue weighted by Crippen LogP contribution is -2.40. The molecule has 1 unspecified atom stereocenters. The second-order valence-corrected chi connectivity index (χ2v) is 6.55. The van der Waals surface area contributed by atoms with Gasteiger partial charge in [-0.3, -0.25) is 14.4 Å². The van der Waals surface area contributed by atoms with Gasteiger partial charge in [0.2, 0.25) is 11.8 Å². The summed E-state index contributed by atoms with van der Waals surface area (Å²) in [5, 5.41) is 8.80. The summed E-state index contributed by atoms with van der Waals surface area (Å²) >= 11 is 0. The zero-order valence-electron chi connectivity index (χ0n) is 12.2. The number of carbonyl (C=O) groups is 3. The van der Waals surface area contributed by atoms with Crippen molar-refractivity contribution in [2.24, 2.45) is 11.8 Å². The van der Waals surface area contributed by atoms with Crippen LogP contribution in [0.25, 0.3) is 0 Å². The molecule has 1 aliphatic heterocycles. The fraction of sp³-hybridized carbons (Fsp3) is 0.800. The summed E-state index contributed by atoms with van der Waals surface area (Å²) in [6.07, 6.45) is 4.57. The zero-order valence-corrected chi connectivity index (χ0v) is 12.2. The topological polar surface area (TPSA) is 77.9 Å². The standard InChI is InChI=1S/C15H22N2O4/c18-13-7-11(9-16(13)8-10-1-2-10)15(21)17(12-3-4-12)6-5-14(19)20/h10-12H,1-9H2,(H,19,20). The number of hydrogen-bond donors (Lipinski definition) is 1. The maximum absolute atomic E-state index is 12.6. The molecule has 1 atom stereocenters. The van der Waals surface area contributed by atoms with Crippen LogP contribution in [0.5, 0.6) is 0 Å². The molecule has 2 aliphatic carbocycles. The average Bonchev–Trinajstić information content (AvgIpc) is 3.31. The minimum atomic E-state index is -0.883. The molecule has 21 heavy (non-hydrogen) atoms. The van der Waals surface area contributed by atoms with E-state index in [-0.39, 0.29) is 36.7 Å². The first-order chi connectivity index (χ1) is 10.0. The number of carbonyl (C=O) groups excluding carboxylic acids is 2. The summed E-state index contributed by atoms with van der Waals surface area (Å²) in [5.74, 6) is -0.467. The second-order valence-electron chi connectivity index (χ2n) is 6.55. The predicted octanol–water partition coefficient (Wildman–Crippen LogP) is 0.711. The zero-order chi connectivity index (χ0) is 15.0. The molecule has 116 valence electrons. The molecular formula is C15H22N2O4. The number of carboxylic acids is 1. The van der Waals surface area contributed by atoms with Crippen LogP contribution in [0.2, 0.25) is 0 Å². The Balaban J connectivity index is 1.57. The number of aliphatic carboxylic acids is 1. The van der Waals surface area contributed by atoms with Crippen LogP contribution in [0.3, 0.4) is 0 Å². The Hall–Kier alpha value is -1.59. The van der Waals surface area contributed by atoms with Gasteiger partial charge in [0, 0.05) is 32.1 Å². The molecule has 0 spiro atoms. The third-order valence-electron chi connectivity index (χ3n) is 4.58. The predicted molar refractivity (Wildman–Crippen MR) is 74.4 cm³/mol. The molecule has 0 aromatic rings. The van der Waals surface area contributed by atoms with Crippen LogP contribution in [-0.4, -0.2) is 58.4 Å². The Labute approximate surface area is 124 Å². The monoisotopic (exact) mass is 294 g/mol. The number of rotatable bonds is 7. The number of hydrogen-bond acceptors (Lipinski definition) is 3. The van der Waals surface area contributed by atoms with Crippen molar-refractivity contribution in [1.82, 2.24) is 9.80 Å². The molecule has 2 saturated carbocycles. The molecule has 0 radical (unpaired) electrons. The van der Waals surface area contributed by atoms with Crippen LogP contribution in [0.4, 0.5) is 0 Å². The van der Waals surface area contributed by atoms with E-state index in [1.54, 1.807) is 4.90 Å². The third kappa shape index (κ3) is 3.54. The van der Waals surface area contributed by atoms with E-state index in [9.17, 15) is 14.4 Å². The molecule has 3 fully saturated rings. The molecule has 1 N–H and O–H groups in total. The first kappa shape index (κ1) is 14.4. The van der Waals surface area contributed by atoms with Crippen molar-refractivity contribution < 1.29 is 19.5 Å². The third-order valence-corrected chi connectivity index (χ3v) is 4.58. The fourth-order valence-corrected chi connectivity index (χ4v) is 3.04. The van der Waals surface area contributed by atoms with E-state index >= 15 is 0 Å². The largest absolute Gasteiger partial charge is 0.481 e. The van der Waals surface area contributed by atoms with Crippen molar-refractivity contribution in [2.45, 2.75) is 44.6 Å². The molecule has 2 amide bonds. The summed E-state index contributed by atoms with van der Waals surface area (Å²) < 4.78 is 0. The van der Waals surface area contributed by atoms with Gasteiger partial charge in [-0.25, -0.2) is 0 Å². The summed E-state index contributed by atoms with van der Waals surface area (Å²) in [4.78, 5) is 38.8. The van der Waals surface area contributed by atoms with Gasteiger partial charge >= 0.3 is 5.97 Å². The Morgan fingerprint density at radius 1 is 1.24 bits per heavy atom. The van der Waals surface area contributed by atoms with Gasteiger partial charge in [0.1, 0.15) is 0 Å². The van der Waals surface area contributed by atoms with E-state index in [4.69, 9.17) is 5.11 Å². The SMILES string of the molecule is O=C(O)CCN(C(=O)C1CC(=O)N(CC2CC2)C1)C1CC1. The van der Waals surface area contributed by atoms with Crippen LogP contribution in [0, 0.1) is 11.8 Å². The van der Waals surface area contributed by atoms with E-state index in [0.717, 1.165) is 19.4 Å². The number of carboxylic acid groups (broad SMARTS) is 1. The van der Waals surface area contributed by atoms with E-state index in [1.165, 1.54) is 12.8 Å². The number of amides is 2. The average molecular weight is 294 g/mol. The lowest BCUT2D eigenvalue weighted by atomic mass is 10.1. The number of likely N-dealkylation sites (tertiary alicyclic amines) is 1. The lowest BCUT2D eigenvalue weighted by molar-refractivity contribution is -0.140. The summed E-state index contributed by atoms with van der Waals surface area (Å²) in [6.45, 7) is 1.58. The van der Waals surface area contributed by atoms with Crippen molar-refractivity contribution in [3.8, 4) is 0 Å². The molecule has 3 rings (SSSR count). The van der Waals surface area contributed by atoms with Gasteiger partial charge in [-0.1, -0.05) is 0 Å². The minimum Gasteiger partial charge on any atom is -0.481 e. The highest BCUT2D eigenvalue weighted by Crippen LogP contribution is 2.34. The van der Waals surface area contributed by atoms with E-state index < -0.39 is 5.97 Å². The summed E-state index contributed by atoms with van der Waals surface area (Å²) in [6, 6.07) is 0.199. The fourth-order valence-electron chi connectivity index (χ4n) is 3.04. The van der Waals surface area contributed by atoms with E-state index in [0.29, 0.717) is 18.9 Å². The minimum absolute atomic E-state index is 0.0192. The van der Waals surface area contributed by atoms with Crippen LogP contribution in [-0.2, 0) is 14.4 Å². The molecule has 6 nitrogen and oxygen atoms in total. The Morgan fingerprint density at radius 2 is 1.95 bits per heavy atom. The molecule has 0 aromatic heterocycles. The van der Waals surface area contributed by atoms with Crippen LogP contribution in [0.15, 0.2) is 0 Å². The maximum Gasteiger partial charge on any atom is 0.305 e. The first-order valence-electron chi connectivity index (χ1n) is 7.84. The van der Waals surface area contributed by atoms with Crippen LogP contribution < -0.4 is 0 Å². The van der Waals surface area contributed by atoms with Crippen molar-refractivity contribution >= 4 is 17.8 Å².